The lowest BCUT2D eigenvalue weighted by Gasteiger charge is -2.12. The molecule has 0 aliphatic heterocycles. The molecule has 0 fully saturated rings. The van der Waals surface area contributed by atoms with Crippen molar-refractivity contribution in [2.24, 2.45) is 0 Å². The summed E-state index contributed by atoms with van der Waals surface area (Å²) in [4.78, 5) is 26.6. The molecule has 5 nitrogen and oxygen atoms in total. The predicted molar refractivity (Wildman–Crippen MR) is 105 cm³/mol. The quantitative estimate of drug-likeness (QED) is 0.499. The van der Waals surface area contributed by atoms with Gasteiger partial charge in [-0.3, -0.25) is 4.79 Å². The zero-order valence-corrected chi connectivity index (χ0v) is 16.0. The first-order chi connectivity index (χ1) is 12.0. The molecule has 3 aromatic rings. The van der Waals surface area contributed by atoms with E-state index in [9.17, 15) is 4.79 Å². The van der Waals surface area contributed by atoms with E-state index in [1.165, 1.54) is 0 Å². The topological polar surface area (TPSA) is 60.7 Å². The van der Waals surface area contributed by atoms with E-state index in [0.717, 1.165) is 25.7 Å². The van der Waals surface area contributed by atoms with Crippen LogP contribution in [0.3, 0.4) is 0 Å². The summed E-state index contributed by atoms with van der Waals surface area (Å²) < 4.78 is 1.58. The third kappa shape index (κ3) is 3.65. The van der Waals surface area contributed by atoms with Crippen LogP contribution in [0.2, 0.25) is 5.02 Å². The maximum absolute atomic E-state index is 12.9. The molecule has 2 aromatic heterocycles. The molecule has 1 atom stereocenters. The summed E-state index contributed by atoms with van der Waals surface area (Å²) in [5.41, 5.74) is 2.32. The first-order valence-electron chi connectivity index (χ1n) is 8.62. The van der Waals surface area contributed by atoms with Crippen molar-refractivity contribution in [2.45, 2.75) is 51.2 Å². The van der Waals surface area contributed by atoms with E-state index in [1.54, 1.807) is 22.8 Å². The van der Waals surface area contributed by atoms with E-state index in [2.05, 4.69) is 34.5 Å². The minimum Gasteiger partial charge on any atom is -0.273 e. The molecule has 132 valence electrons. The Balaban J connectivity index is 2.06. The Morgan fingerprint density at radius 3 is 2.72 bits per heavy atom. The van der Waals surface area contributed by atoms with Gasteiger partial charge in [-0.05, 0) is 24.6 Å². The fourth-order valence-corrected chi connectivity index (χ4v) is 3.32. The van der Waals surface area contributed by atoms with Crippen molar-refractivity contribution < 1.29 is 4.79 Å². The van der Waals surface area contributed by atoms with Gasteiger partial charge < -0.3 is 0 Å². The smallest absolute Gasteiger partial charge is 0.246 e. The number of nitrogens with zero attached hydrogens (tertiary/aromatic N) is 4. The highest BCUT2D eigenvalue weighted by Crippen LogP contribution is 2.22. The Morgan fingerprint density at radius 2 is 2.00 bits per heavy atom. The highest BCUT2D eigenvalue weighted by atomic mass is 35.5. The molecule has 0 bridgehead atoms. The summed E-state index contributed by atoms with van der Waals surface area (Å²) in [6, 6.07) is 5.32. The number of benzene rings is 1. The van der Waals surface area contributed by atoms with Crippen LogP contribution in [0.25, 0.3) is 22.3 Å². The zero-order valence-electron chi connectivity index (χ0n) is 14.4. The number of hydrogen-bond acceptors (Lipinski definition) is 5. The minimum atomic E-state index is -0.364. The normalized spacial score (nSPS) is 12.8. The molecule has 3 rings (SSSR count). The molecule has 0 saturated heterocycles. The highest BCUT2D eigenvalue weighted by Gasteiger charge is 2.23. The SMILES string of the molecule is CCCCCC(S)C(=O)n1c(CC)nc2nc3cc(Cl)ccc3nc21. The Hall–Kier alpha value is -1.66. The van der Waals surface area contributed by atoms with Gasteiger partial charge >= 0.3 is 0 Å². The molecule has 2 heterocycles. The monoisotopic (exact) mass is 376 g/mol. The average molecular weight is 377 g/mol. The van der Waals surface area contributed by atoms with Gasteiger partial charge in [-0.2, -0.15) is 12.6 Å². The summed E-state index contributed by atoms with van der Waals surface area (Å²) >= 11 is 10.5. The van der Waals surface area contributed by atoms with Crippen molar-refractivity contribution in [3.05, 3.63) is 29.0 Å². The molecule has 0 radical (unpaired) electrons. The number of carbonyl (C=O) groups excluding carboxylic acids is 1. The van der Waals surface area contributed by atoms with Crippen LogP contribution >= 0.6 is 24.2 Å². The van der Waals surface area contributed by atoms with Gasteiger partial charge in [0.15, 0.2) is 11.3 Å². The number of carbonyl (C=O) groups is 1. The van der Waals surface area contributed by atoms with Crippen LogP contribution in [0, 0.1) is 0 Å². The van der Waals surface area contributed by atoms with Crippen molar-refractivity contribution in [2.75, 3.05) is 0 Å². The summed E-state index contributed by atoms with van der Waals surface area (Å²) in [7, 11) is 0. The summed E-state index contributed by atoms with van der Waals surface area (Å²) in [5, 5.41) is 0.232. The number of thiol groups is 1. The van der Waals surface area contributed by atoms with Crippen LogP contribution in [-0.4, -0.2) is 30.7 Å². The number of fused-ring (bicyclic) bond motifs is 2. The number of aryl methyl sites for hydroxylation is 1. The Bertz CT molecular complexity index is 924. The van der Waals surface area contributed by atoms with Crippen LogP contribution in [0.4, 0.5) is 0 Å². The van der Waals surface area contributed by atoms with E-state index >= 15 is 0 Å². The highest BCUT2D eigenvalue weighted by molar-refractivity contribution is 7.81. The second-order valence-corrected chi connectivity index (χ2v) is 7.13. The van der Waals surface area contributed by atoms with Crippen LogP contribution in [-0.2, 0) is 6.42 Å². The van der Waals surface area contributed by atoms with Gasteiger partial charge in [0, 0.05) is 11.4 Å². The van der Waals surface area contributed by atoms with Gasteiger partial charge in [0.2, 0.25) is 5.91 Å². The molecule has 1 aromatic carbocycles. The molecule has 0 amide bonds. The second kappa shape index (κ2) is 7.70. The number of halogens is 1. The standard InChI is InChI=1S/C18H21ClN4OS/c1-3-5-6-7-14(25)18(24)23-15(4-2)22-16-17(23)21-12-9-8-11(19)10-13(12)20-16/h8-10,14,25H,3-7H2,1-2H3. The van der Waals surface area contributed by atoms with Crippen LogP contribution in [0.15, 0.2) is 18.2 Å². The predicted octanol–water partition coefficient (Wildman–Crippen LogP) is 4.71. The van der Waals surface area contributed by atoms with E-state index in [-0.39, 0.29) is 11.2 Å². The summed E-state index contributed by atoms with van der Waals surface area (Å²) in [6.07, 6.45) is 4.56. The summed E-state index contributed by atoms with van der Waals surface area (Å²) in [5.74, 6) is 0.581. The molecule has 0 saturated carbocycles. The number of rotatable bonds is 6. The van der Waals surface area contributed by atoms with E-state index in [0.29, 0.717) is 39.6 Å². The fourth-order valence-electron chi connectivity index (χ4n) is 2.86. The zero-order chi connectivity index (χ0) is 18.0. The molecule has 1 unspecified atom stereocenters. The minimum absolute atomic E-state index is 0.0820. The largest absolute Gasteiger partial charge is 0.273 e. The van der Waals surface area contributed by atoms with Crippen molar-refractivity contribution in [3.8, 4) is 0 Å². The fraction of sp³-hybridized carbons (Fsp3) is 0.444. The van der Waals surface area contributed by atoms with Gasteiger partial charge in [0.1, 0.15) is 5.82 Å². The van der Waals surface area contributed by atoms with Crippen LogP contribution < -0.4 is 0 Å². The molecule has 0 aliphatic carbocycles. The van der Waals surface area contributed by atoms with Crippen molar-refractivity contribution in [3.63, 3.8) is 0 Å². The molecular formula is C18H21ClN4OS. The Morgan fingerprint density at radius 1 is 1.20 bits per heavy atom. The number of imidazole rings is 1. The molecule has 0 aliphatic rings. The maximum atomic E-state index is 12.9. The molecule has 7 heteroatoms. The molecular weight excluding hydrogens is 356 g/mol. The Kier molecular flexibility index (Phi) is 5.59. The van der Waals surface area contributed by atoms with Gasteiger partial charge in [-0.1, -0.05) is 44.7 Å². The van der Waals surface area contributed by atoms with Crippen molar-refractivity contribution in [1.29, 1.82) is 0 Å². The molecule has 0 spiro atoms. The molecule has 25 heavy (non-hydrogen) atoms. The van der Waals surface area contributed by atoms with Gasteiger partial charge in [0.25, 0.3) is 0 Å². The van der Waals surface area contributed by atoms with Gasteiger partial charge in [0.05, 0.1) is 16.3 Å². The Labute approximate surface area is 157 Å². The van der Waals surface area contributed by atoms with Crippen LogP contribution in [0.5, 0.6) is 0 Å². The van der Waals surface area contributed by atoms with E-state index < -0.39 is 0 Å². The lowest BCUT2D eigenvalue weighted by Crippen LogP contribution is -2.24. The van der Waals surface area contributed by atoms with Crippen molar-refractivity contribution in [1.82, 2.24) is 19.5 Å². The average Bonchev–Trinajstić information content (AvgIpc) is 2.96. The van der Waals surface area contributed by atoms with Gasteiger partial charge in [-0.25, -0.2) is 19.5 Å². The van der Waals surface area contributed by atoms with Gasteiger partial charge in [-0.15, -0.1) is 0 Å². The lowest BCUT2D eigenvalue weighted by atomic mass is 10.1. The van der Waals surface area contributed by atoms with E-state index in [4.69, 9.17) is 11.6 Å². The van der Waals surface area contributed by atoms with Crippen LogP contribution in [0.1, 0.15) is 50.1 Å². The first-order valence-corrected chi connectivity index (χ1v) is 9.51. The third-order valence-electron chi connectivity index (χ3n) is 4.20. The summed E-state index contributed by atoms with van der Waals surface area (Å²) in [6.45, 7) is 4.10. The molecule has 0 N–H and O–H groups in total. The third-order valence-corrected chi connectivity index (χ3v) is 4.91. The first kappa shape index (κ1) is 18.1. The number of hydrogen-bond donors (Lipinski definition) is 1. The number of unbranched alkanes of at least 4 members (excludes halogenated alkanes) is 2. The van der Waals surface area contributed by atoms with E-state index in [1.807, 2.05) is 6.92 Å². The van der Waals surface area contributed by atoms with Crippen molar-refractivity contribution >= 4 is 52.5 Å². The number of aromatic nitrogens is 4. The lowest BCUT2D eigenvalue weighted by molar-refractivity contribution is 0.0908. The second-order valence-electron chi connectivity index (χ2n) is 6.07. The maximum Gasteiger partial charge on any atom is 0.246 e.